The van der Waals surface area contributed by atoms with E-state index in [0.717, 1.165) is 12.8 Å². The number of halogens is 2. The zero-order valence-electron chi connectivity index (χ0n) is 14.0. The molecule has 0 saturated heterocycles. The quantitative estimate of drug-likeness (QED) is 0.407. The van der Waals surface area contributed by atoms with Crippen LogP contribution >= 0.6 is 23.2 Å². The van der Waals surface area contributed by atoms with Crippen LogP contribution in [0, 0.1) is 0 Å². The number of unbranched alkanes of at least 4 members (excludes halogenated alkanes) is 1. The number of hydrogen-bond acceptors (Lipinski definition) is 6. The van der Waals surface area contributed by atoms with Crippen molar-refractivity contribution in [1.29, 1.82) is 0 Å². The summed E-state index contributed by atoms with van der Waals surface area (Å²) in [6.07, 6.45) is 1.91. The van der Waals surface area contributed by atoms with Gasteiger partial charge in [0, 0.05) is 5.02 Å². The third kappa shape index (κ3) is 7.84. The van der Waals surface area contributed by atoms with Gasteiger partial charge < -0.3 is 0 Å². The van der Waals surface area contributed by atoms with Crippen LogP contribution in [0.5, 0.6) is 0 Å². The van der Waals surface area contributed by atoms with E-state index < -0.39 is 11.9 Å². The van der Waals surface area contributed by atoms with Crippen molar-refractivity contribution in [3.05, 3.63) is 69.7 Å². The lowest BCUT2D eigenvalue weighted by Crippen LogP contribution is -2.06. The summed E-state index contributed by atoms with van der Waals surface area (Å²) in [4.78, 5) is 34.8. The molecule has 0 bridgehead atoms. The van der Waals surface area contributed by atoms with Gasteiger partial charge in [-0.15, -0.1) is 0 Å². The predicted octanol–water partition coefficient (Wildman–Crippen LogP) is 5.20. The zero-order chi connectivity index (χ0) is 19.4. The van der Waals surface area contributed by atoms with Crippen molar-refractivity contribution in [2.45, 2.75) is 19.8 Å². The predicted molar refractivity (Wildman–Crippen MR) is 97.2 cm³/mol. The zero-order valence-corrected chi connectivity index (χ0v) is 15.5. The van der Waals surface area contributed by atoms with Crippen LogP contribution in [0.1, 0.15) is 40.5 Å². The molecule has 0 saturated carbocycles. The number of carbonyl (C=O) groups excluding carboxylic acids is 2. The summed E-state index contributed by atoms with van der Waals surface area (Å²) in [7, 11) is 0. The molecule has 0 amide bonds. The van der Waals surface area contributed by atoms with Crippen molar-refractivity contribution < 1.29 is 29.5 Å². The summed E-state index contributed by atoms with van der Waals surface area (Å²) in [5, 5.41) is 8.59. The molecule has 140 valence electrons. The van der Waals surface area contributed by atoms with E-state index in [0.29, 0.717) is 17.2 Å². The molecule has 0 fully saturated rings. The van der Waals surface area contributed by atoms with Crippen LogP contribution in [0.3, 0.4) is 0 Å². The molecule has 8 heteroatoms. The average Bonchev–Trinajstić information content (AvgIpc) is 2.66. The van der Waals surface area contributed by atoms with Gasteiger partial charge in [0.15, 0.2) is 0 Å². The Morgan fingerprint density at radius 1 is 1.04 bits per heavy atom. The first-order chi connectivity index (χ1) is 12.5. The van der Waals surface area contributed by atoms with Gasteiger partial charge in [-0.1, -0.05) is 54.7 Å². The molecule has 2 aromatic carbocycles. The van der Waals surface area contributed by atoms with Gasteiger partial charge >= 0.3 is 11.9 Å². The second-order valence-electron chi connectivity index (χ2n) is 4.92. The molecule has 1 N–H and O–H groups in total. The number of carbonyl (C=O) groups is 2. The highest BCUT2D eigenvalue weighted by molar-refractivity contribution is 6.36. The Kier molecular flexibility index (Phi) is 10.3. The Morgan fingerprint density at radius 2 is 1.73 bits per heavy atom. The van der Waals surface area contributed by atoms with Crippen LogP contribution < -0.4 is 0 Å². The first-order valence-electron chi connectivity index (χ1n) is 7.69. The summed E-state index contributed by atoms with van der Waals surface area (Å²) in [6, 6.07) is 13.0. The molecule has 6 nitrogen and oxygen atoms in total. The minimum Gasteiger partial charge on any atom is -0.295 e. The van der Waals surface area contributed by atoms with E-state index in [2.05, 4.69) is 9.78 Å². The van der Waals surface area contributed by atoms with Crippen LogP contribution in [0.15, 0.2) is 48.5 Å². The van der Waals surface area contributed by atoms with Crippen molar-refractivity contribution in [2.75, 3.05) is 6.61 Å². The molecule has 0 aliphatic rings. The van der Waals surface area contributed by atoms with Crippen molar-refractivity contribution in [3.8, 4) is 0 Å². The van der Waals surface area contributed by atoms with E-state index in [4.69, 9.17) is 33.3 Å². The summed E-state index contributed by atoms with van der Waals surface area (Å²) in [5.41, 5.74) is 0.576. The van der Waals surface area contributed by atoms with Gasteiger partial charge in [-0.05, 0) is 36.8 Å². The molecule has 0 spiro atoms. The summed E-state index contributed by atoms with van der Waals surface area (Å²) >= 11 is 11.2. The molecular weight excluding hydrogens is 383 g/mol. The molecule has 0 aromatic heterocycles. The Morgan fingerprint density at radius 3 is 2.31 bits per heavy atom. The third-order valence-electron chi connectivity index (χ3n) is 2.96. The van der Waals surface area contributed by atoms with Crippen molar-refractivity contribution in [1.82, 2.24) is 0 Å². The molecule has 0 aliphatic heterocycles. The SMILES string of the molecule is CCCCOOC(=O)c1ccccc1.O=C(OO)c1ccc(Cl)cc1Cl. The fourth-order valence-electron chi connectivity index (χ4n) is 1.62. The van der Waals surface area contributed by atoms with Crippen LogP contribution in [-0.4, -0.2) is 23.8 Å². The summed E-state index contributed by atoms with van der Waals surface area (Å²) in [5.74, 6) is -1.35. The standard InChI is InChI=1S/C11H14O3.C7H4Cl2O3/c1-2-3-9-13-14-11(12)10-7-5-4-6-8-10;8-4-1-2-5(6(9)3-4)7(10)12-11/h4-8H,2-3,9H2,1H3;1-3,11H. The van der Waals surface area contributed by atoms with Gasteiger partial charge in [0.1, 0.15) is 0 Å². The maximum absolute atomic E-state index is 11.3. The lowest BCUT2D eigenvalue weighted by molar-refractivity contribution is -0.241. The van der Waals surface area contributed by atoms with E-state index in [1.54, 1.807) is 24.3 Å². The molecule has 26 heavy (non-hydrogen) atoms. The maximum Gasteiger partial charge on any atom is 0.374 e. The molecule has 0 unspecified atom stereocenters. The van der Waals surface area contributed by atoms with Crippen molar-refractivity contribution in [3.63, 3.8) is 0 Å². The van der Waals surface area contributed by atoms with E-state index in [1.807, 2.05) is 13.0 Å². The molecular formula is C18H18Cl2O6. The van der Waals surface area contributed by atoms with E-state index in [1.165, 1.54) is 18.2 Å². The van der Waals surface area contributed by atoms with Gasteiger partial charge in [0.2, 0.25) is 0 Å². The molecule has 0 heterocycles. The Hall–Kier alpha value is -2.12. The number of benzene rings is 2. The highest BCUT2D eigenvalue weighted by atomic mass is 35.5. The van der Waals surface area contributed by atoms with Crippen LogP contribution in [-0.2, 0) is 14.7 Å². The largest absolute Gasteiger partial charge is 0.374 e. The first-order valence-corrected chi connectivity index (χ1v) is 8.44. The second-order valence-corrected chi connectivity index (χ2v) is 5.76. The number of hydrogen-bond donors (Lipinski definition) is 1. The van der Waals surface area contributed by atoms with E-state index in [9.17, 15) is 9.59 Å². The highest BCUT2D eigenvalue weighted by Gasteiger charge is 2.11. The fourth-order valence-corrected chi connectivity index (χ4v) is 2.11. The normalized spacial score (nSPS) is 9.69. The summed E-state index contributed by atoms with van der Waals surface area (Å²) in [6.45, 7) is 2.50. The Balaban J connectivity index is 0.000000263. The van der Waals surface area contributed by atoms with Crippen LogP contribution in [0.4, 0.5) is 0 Å². The molecule has 2 rings (SSSR count). The third-order valence-corrected chi connectivity index (χ3v) is 3.51. The highest BCUT2D eigenvalue weighted by Crippen LogP contribution is 2.21. The van der Waals surface area contributed by atoms with Gasteiger partial charge in [-0.25, -0.2) is 9.59 Å². The summed E-state index contributed by atoms with van der Waals surface area (Å²) < 4.78 is 0. The van der Waals surface area contributed by atoms with Gasteiger partial charge in [0.25, 0.3) is 0 Å². The Bertz CT molecular complexity index is 706. The number of rotatable bonds is 6. The van der Waals surface area contributed by atoms with E-state index in [-0.39, 0.29) is 10.6 Å². The minimum atomic E-state index is -0.906. The van der Waals surface area contributed by atoms with Crippen molar-refractivity contribution >= 4 is 35.1 Å². The fraction of sp³-hybridized carbons (Fsp3) is 0.222. The van der Waals surface area contributed by atoms with Gasteiger partial charge in [-0.3, -0.25) is 9.78 Å². The first kappa shape index (κ1) is 21.9. The van der Waals surface area contributed by atoms with Crippen LogP contribution in [0.25, 0.3) is 0 Å². The molecule has 0 radical (unpaired) electrons. The lowest BCUT2D eigenvalue weighted by Gasteiger charge is -2.02. The van der Waals surface area contributed by atoms with Crippen LogP contribution in [0.2, 0.25) is 10.0 Å². The Labute approximate surface area is 161 Å². The second kappa shape index (κ2) is 12.3. The maximum atomic E-state index is 11.3. The molecule has 2 aromatic rings. The van der Waals surface area contributed by atoms with E-state index >= 15 is 0 Å². The molecule has 0 aliphatic carbocycles. The van der Waals surface area contributed by atoms with Crippen molar-refractivity contribution in [2.24, 2.45) is 0 Å². The lowest BCUT2D eigenvalue weighted by atomic mass is 10.2. The topological polar surface area (TPSA) is 82.1 Å². The smallest absolute Gasteiger partial charge is 0.295 e. The van der Waals surface area contributed by atoms with Gasteiger partial charge in [-0.2, -0.15) is 10.1 Å². The average molecular weight is 401 g/mol. The minimum absolute atomic E-state index is 0.0727. The molecule has 0 atom stereocenters. The monoisotopic (exact) mass is 400 g/mol. The van der Waals surface area contributed by atoms with Gasteiger partial charge in [0.05, 0.1) is 22.8 Å².